The molecule has 0 saturated carbocycles. The van der Waals surface area contributed by atoms with Gasteiger partial charge in [-0.05, 0) is 17.9 Å². The largest absolute Gasteiger partial charge is 0.480 e. The Balaban J connectivity index is 2.31. The van der Waals surface area contributed by atoms with Gasteiger partial charge in [-0.15, -0.1) is 0 Å². The number of nitrogens with one attached hydrogen (secondary N) is 2. The van der Waals surface area contributed by atoms with Crippen molar-refractivity contribution in [3.8, 4) is 0 Å². The van der Waals surface area contributed by atoms with Crippen LogP contribution in [-0.4, -0.2) is 35.7 Å². The SMILES string of the molecule is CC(C)CC(NC(=O)CNC(=O)OCc1ccccc1)C(=O)O. The lowest BCUT2D eigenvalue weighted by Crippen LogP contribution is -2.46. The highest BCUT2D eigenvalue weighted by atomic mass is 16.5. The van der Waals surface area contributed by atoms with E-state index in [-0.39, 0.29) is 19.1 Å². The molecule has 0 aliphatic carbocycles. The van der Waals surface area contributed by atoms with Gasteiger partial charge in [-0.1, -0.05) is 44.2 Å². The second-order valence-electron chi connectivity index (χ2n) is 5.50. The van der Waals surface area contributed by atoms with E-state index in [1.807, 2.05) is 44.2 Å². The Morgan fingerprint density at radius 1 is 1.17 bits per heavy atom. The molecule has 0 spiro atoms. The Labute approximate surface area is 135 Å². The van der Waals surface area contributed by atoms with Crippen LogP contribution in [0.5, 0.6) is 0 Å². The molecule has 23 heavy (non-hydrogen) atoms. The van der Waals surface area contributed by atoms with Crippen LogP contribution >= 0.6 is 0 Å². The minimum atomic E-state index is -1.10. The Morgan fingerprint density at radius 2 is 1.83 bits per heavy atom. The van der Waals surface area contributed by atoms with E-state index in [0.717, 1.165) is 5.56 Å². The number of alkyl carbamates (subject to hydrolysis) is 1. The molecule has 126 valence electrons. The second kappa shape index (κ2) is 9.45. The predicted molar refractivity (Wildman–Crippen MR) is 83.7 cm³/mol. The summed E-state index contributed by atoms with van der Waals surface area (Å²) < 4.78 is 4.95. The Bertz CT molecular complexity index is 531. The molecule has 7 heteroatoms. The minimum absolute atomic E-state index is 0.0966. The van der Waals surface area contributed by atoms with Crippen LogP contribution in [0.2, 0.25) is 0 Å². The van der Waals surface area contributed by atoms with Crippen molar-refractivity contribution in [2.75, 3.05) is 6.54 Å². The number of carboxylic acid groups (broad SMARTS) is 1. The first kappa shape index (κ1) is 18.5. The molecule has 7 nitrogen and oxygen atoms in total. The maximum atomic E-state index is 11.7. The standard InChI is InChI=1S/C16H22N2O5/c1-11(2)8-13(15(20)21)18-14(19)9-17-16(22)23-10-12-6-4-3-5-7-12/h3-7,11,13H,8-10H2,1-2H3,(H,17,22)(H,18,19)(H,20,21). The summed E-state index contributed by atoms with van der Waals surface area (Å²) in [6.45, 7) is 3.48. The maximum Gasteiger partial charge on any atom is 0.407 e. The molecule has 0 fully saturated rings. The summed E-state index contributed by atoms with van der Waals surface area (Å²) in [6.07, 6.45) is -0.417. The van der Waals surface area contributed by atoms with Gasteiger partial charge in [0.15, 0.2) is 0 Å². The van der Waals surface area contributed by atoms with E-state index in [1.165, 1.54) is 0 Å². The molecule has 0 bridgehead atoms. The average molecular weight is 322 g/mol. The fourth-order valence-corrected chi connectivity index (χ4v) is 1.86. The smallest absolute Gasteiger partial charge is 0.407 e. The fourth-order valence-electron chi connectivity index (χ4n) is 1.86. The van der Waals surface area contributed by atoms with E-state index < -0.39 is 24.0 Å². The molecule has 1 aromatic carbocycles. The predicted octanol–water partition coefficient (Wildman–Crippen LogP) is 1.53. The molecule has 0 aliphatic rings. The van der Waals surface area contributed by atoms with Crippen LogP contribution in [0.25, 0.3) is 0 Å². The van der Waals surface area contributed by atoms with Crippen LogP contribution < -0.4 is 10.6 Å². The van der Waals surface area contributed by atoms with Crippen LogP contribution in [0.3, 0.4) is 0 Å². The molecule has 1 atom stereocenters. The van der Waals surface area contributed by atoms with Crippen molar-refractivity contribution >= 4 is 18.0 Å². The van der Waals surface area contributed by atoms with Crippen molar-refractivity contribution in [2.45, 2.75) is 32.9 Å². The van der Waals surface area contributed by atoms with Crippen LogP contribution in [0.15, 0.2) is 30.3 Å². The third-order valence-electron chi connectivity index (χ3n) is 2.95. The van der Waals surface area contributed by atoms with Crippen molar-refractivity contribution in [1.29, 1.82) is 0 Å². The molecule has 0 radical (unpaired) electrons. The van der Waals surface area contributed by atoms with Crippen molar-refractivity contribution < 1.29 is 24.2 Å². The van der Waals surface area contributed by atoms with Crippen molar-refractivity contribution in [1.82, 2.24) is 10.6 Å². The summed E-state index contributed by atoms with van der Waals surface area (Å²) in [6, 6.07) is 8.15. The van der Waals surface area contributed by atoms with Crippen LogP contribution in [0.1, 0.15) is 25.8 Å². The number of carbonyl (C=O) groups is 3. The lowest BCUT2D eigenvalue weighted by molar-refractivity contribution is -0.142. The summed E-state index contributed by atoms with van der Waals surface area (Å²) >= 11 is 0. The summed E-state index contributed by atoms with van der Waals surface area (Å²) in [4.78, 5) is 34.2. The summed E-state index contributed by atoms with van der Waals surface area (Å²) in [5.74, 6) is -1.55. The zero-order valence-electron chi connectivity index (χ0n) is 13.2. The summed E-state index contributed by atoms with van der Waals surface area (Å²) in [7, 11) is 0. The molecular formula is C16H22N2O5. The molecule has 0 aliphatic heterocycles. The van der Waals surface area contributed by atoms with Gasteiger partial charge in [0.1, 0.15) is 19.2 Å². The number of amides is 2. The molecular weight excluding hydrogens is 300 g/mol. The third-order valence-corrected chi connectivity index (χ3v) is 2.95. The number of hydrogen-bond acceptors (Lipinski definition) is 4. The number of aliphatic carboxylic acids is 1. The van der Waals surface area contributed by atoms with E-state index >= 15 is 0 Å². The molecule has 0 saturated heterocycles. The summed E-state index contributed by atoms with van der Waals surface area (Å²) in [5, 5.41) is 13.7. The first-order valence-corrected chi connectivity index (χ1v) is 7.35. The van der Waals surface area contributed by atoms with E-state index in [4.69, 9.17) is 9.84 Å². The number of carboxylic acids is 1. The number of ether oxygens (including phenoxy) is 1. The molecule has 0 heterocycles. The third kappa shape index (κ3) is 7.85. The highest BCUT2D eigenvalue weighted by molar-refractivity contribution is 5.86. The number of hydrogen-bond donors (Lipinski definition) is 3. The Kier molecular flexibility index (Phi) is 7.59. The van der Waals surface area contributed by atoms with Crippen molar-refractivity contribution in [3.05, 3.63) is 35.9 Å². The van der Waals surface area contributed by atoms with Gasteiger partial charge in [0, 0.05) is 0 Å². The fraction of sp³-hybridized carbons (Fsp3) is 0.438. The number of carbonyl (C=O) groups excluding carboxylic acids is 2. The number of rotatable bonds is 8. The zero-order valence-corrected chi connectivity index (χ0v) is 13.2. The molecule has 1 unspecified atom stereocenters. The highest BCUT2D eigenvalue weighted by Crippen LogP contribution is 2.04. The van der Waals surface area contributed by atoms with Crippen molar-refractivity contribution in [3.63, 3.8) is 0 Å². The zero-order chi connectivity index (χ0) is 17.2. The van der Waals surface area contributed by atoms with Gasteiger partial charge >= 0.3 is 12.1 Å². The van der Waals surface area contributed by atoms with Gasteiger partial charge in [0.25, 0.3) is 0 Å². The topological polar surface area (TPSA) is 105 Å². The minimum Gasteiger partial charge on any atom is -0.480 e. The quantitative estimate of drug-likeness (QED) is 0.673. The number of benzene rings is 1. The Hall–Kier alpha value is -2.57. The molecule has 1 aromatic rings. The lowest BCUT2D eigenvalue weighted by Gasteiger charge is -2.16. The van der Waals surface area contributed by atoms with Crippen LogP contribution in [-0.2, 0) is 20.9 Å². The van der Waals surface area contributed by atoms with E-state index in [1.54, 1.807) is 0 Å². The van der Waals surface area contributed by atoms with Crippen LogP contribution in [0, 0.1) is 5.92 Å². The second-order valence-corrected chi connectivity index (χ2v) is 5.50. The molecule has 2 amide bonds. The average Bonchev–Trinajstić information content (AvgIpc) is 2.50. The monoisotopic (exact) mass is 322 g/mol. The van der Waals surface area contributed by atoms with Gasteiger partial charge in [-0.3, -0.25) is 4.79 Å². The van der Waals surface area contributed by atoms with Gasteiger partial charge < -0.3 is 20.5 Å². The first-order valence-electron chi connectivity index (χ1n) is 7.35. The molecule has 3 N–H and O–H groups in total. The van der Waals surface area contributed by atoms with Crippen molar-refractivity contribution in [2.24, 2.45) is 5.92 Å². The van der Waals surface area contributed by atoms with Gasteiger partial charge in [0.2, 0.25) is 5.91 Å². The van der Waals surface area contributed by atoms with E-state index in [2.05, 4.69) is 10.6 Å². The normalized spacial score (nSPS) is 11.6. The first-order chi connectivity index (χ1) is 10.9. The van der Waals surface area contributed by atoms with Gasteiger partial charge in [0.05, 0.1) is 0 Å². The van der Waals surface area contributed by atoms with E-state index in [0.29, 0.717) is 6.42 Å². The summed E-state index contributed by atoms with van der Waals surface area (Å²) in [5.41, 5.74) is 0.829. The van der Waals surface area contributed by atoms with Crippen LogP contribution in [0.4, 0.5) is 4.79 Å². The molecule has 0 aromatic heterocycles. The maximum absolute atomic E-state index is 11.7. The van der Waals surface area contributed by atoms with E-state index in [9.17, 15) is 14.4 Å². The van der Waals surface area contributed by atoms with Gasteiger partial charge in [-0.25, -0.2) is 9.59 Å². The Morgan fingerprint density at radius 3 is 2.39 bits per heavy atom. The molecule has 1 rings (SSSR count). The highest BCUT2D eigenvalue weighted by Gasteiger charge is 2.21. The van der Waals surface area contributed by atoms with Gasteiger partial charge in [-0.2, -0.15) is 0 Å². The lowest BCUT2D eigenvalue weighted by atomic mass is 10.0.